The van der Waals surface area contributed by atoms with E-state index in [0.717, 1.165) is 0 Å². The lowest BCUT2D eigenvalue weighted by Gasteiger charge is -2.09. The molecule has 0 atom stereocenters. The lowest BCUT2D eigenvalue weighted by molar-refractivity contribution is -0.115. The van der Waals surface area contributed by atoms with Crippen LogP contribution in [0.25, 0.3) is 0 Å². The molecular weight excluding hydrogens is 212 g/mol. The lowest BCUT2D eigenvalue weighted by atomic mass is 10.6. The predicted octanol–water partition coefficient (Wildman–Crippen LogP) is 1.51. The van der Waals surface area contributed by atoms with E-state index in [-0.39, 0.29) is 5.91 Å². The Morgan fingerprint density at radius 2 is 2.50 bits per heavy atom. The Morgan fingerprint density at radius 3 is 3.00 bits per heavy atom. The molecule has 0 aliphatic carbocycles. The van der Waals surface area contributed by atoms with Crippen LogP contribution >= 0.6 is 35.3 Å². The second kappa shape index (κ2) is 3.12. The number of nitrogens with zero attached hydrogens (tertiary/aromatic N) is 2. The van der Waals surface area contributed by atoms with Crippen molar-refractivity contribution in [3.8, 4) is 0 Å². The summed E-state index contributed by atoms with van der Waals surface area (Å²) >= 11 is 7.81. The highest BCUT2D eigenvalue weighted by atomic mass is 32.2. The largest absolute Gasteiger partial charge is 0.273 e. The average molecular weight is 216 g/mol. The van der Waals surface area contributed by atoms with E-state index in [9.17, 15) is 4.79 Å². The highest BCUT2D eigenvalue weighted by Gasteiger charge is 2.29. The van der Waals surface area contributed by atoms with Gasteiger partial charge in [0.15, 0.2) is 5.13 Å². The molecule has 0 radical (unpaired) electrons. The van der Waals surface area contributed by atoms with Gasteiger partial charge in [-0.25, -0.2) is 9.88 Å². The molecule has 0 unspecified atom stereocenters. The first kappa shape index (κ1) is 8.15. The molecule has 6 heteroatoms. The summed E-state index contributed by atoms with van der Waals surface area (Å²) in [6.45, 7) is 0. The van der Waals surface area contributed by atoms with Gasteiger partial charge >= 0.3 is 0 Å². The molecule has 1 saturated heterocycles. The van der Waals surface area contributed by atoms with Gasteiger partial charge in [0, 0.05) is 11.6 Å². The first-order valence-electron chi connectivity index (χ1n) is 3.18. The molecule has 1 aliphatic rings. The minimum Gasteiger partial charge on any atom is -0.273 e. The second-order valence-electron chi connectivity index (χ2n) is 2.10. The zero-order valence-corrected chi connectivity index (χ0v) is 8.34. The number of rotatable bonds is 1. The Bertz CT molecular complexity index is 306. The van der Waals surface area contributed by atoms with Crippen LogP contribution in [-0.2, 0) is 4.79 Å². The van der Waals surface area contributed by atoms with Crippen LogP contribution in [0.3, 0.4) is 0 Å². The van der Waals surface area contributed by atoms with Gasteiger partial charge in [0.1, 0.15) is 4.32 Å². The van der Waals surface area contributed by atoms with Gasteiger partial charge in [-0.2, -0.15) is 0 Å². The summed E-state index contributed by atoms with van der Waals surface area (Å²) in [5.41, 5.74) is 0. The molecule has 2 rings (SSSR count). The summed E-state index contributed by atoms with van der Waals surface area (Å²) in [5, 5.41) is 2.50. The van der Waals surface area contributed by atoms with Crippen molar-refractivity contribution in [3.05, 3.63) is 11.6 Å². The highest BCUT2D eigenvalue weighted by molar-refractivity contribution is 8.24. The molecular formula is C6H4N2OS3. The molecule has 1 fully saturated rings. The summed E-state index contributed by atoms with van der Waals surface area (Å²) in [4.78, 5) is 16.8. The maximum Gasteiger partial charge on any atom is 0.244 e. The van der Waals surface area contributed by atoms with E-state index in [1.807, 2.05) is 5.38 Å². The van der Waals surface area contributed by atoms with Gasteiger partial charge in [0.2, 0.25) is 5.91 Å². The van der Waals surface area contributed by atoms with E-state index in [1.165, 1.54) is 28.0 Å². The topological polar surface area (TPSA) is 33.2 Å². The Hall–Kier alpha value is -0.460. The van der Waals surface area contributed by atoms with E-state index in [2.05, 4.69) is 4.98 Å². The van der Waals surface area contributed by atoms with E-state index < -0.39 is 0 Å². The number of anilines is 1. The fourth-order valence-corrected chi connectivity index (χ4v) is 2.70. The van der Waals surface area contributed by atoms with Gasteiger partial charge < -0.3 is 0 Å². The number of carbonyl (C=O) groups excluding carboxylic acids is 1. The molecule has 2 heterocycles. The molecule has 1 aromatic heterocycles. The van der Waals surface area contributed by atoms with Gasteiger partial charge in [-0.3, -0.25) is 4.79 Å². The summed E-state index contributed by atoms with van der Waals surface area (Å²) in [5.74, 6) is 0.471. The monoisotopic (exact) mass is 216 g/mol. The summed E-state index contributed by atoms with van der Waals surface area (Å²) in [6, 6.07) is 0. The van der Waals surface area contributed by atoms with Crippen molar-refractivity contribution >= 4 is 50.7 Å². The number of hydrogen-bond donors (Lipinski definition) is 0. The fraction of sp³-hybridized carbons (Fsp3) is 0.167. The fourth-order valence-electron chi connectivity index (χ4n) is 0.866. The van der Waals surface area contributed by atoms with Crippen LogP contribution in [0.5, 0.6) is 0 Å². The number of thiazole rings is 1. The number of aromatic nitrogens is 1. The van der Waals surface area contributed by atoms with Gasteiger partial charge in [-0.05, 0) is 0 Å². The Kier molecular flexibility index (Phi) is 2.12. The third kappa shape index (κ3) is 1.26. The van der Waals surface area contributed by atoms with Crippen LogP contribution in [0.4, 0.5) is 5.13 Å². The van der Waals surface area contributed by atoms with E-state index >= 15 is 0 Å². The van der Waals surface area contributed by atoms with Crippen molar-refractivity contribution in [2.45, 2.75) is 0 Å². The Balaban J connectivity index is 2.34. The average Bonchev–Trinajstić information content (AvgIpc) is 2.61. The molecule has 0 N–H and O–H groups in total. The molecule has 0 saturated carbocycles. The van der Waals surface area contributed by atoms with Gasteiger partial charge in [0.05, 0.1) is 5.75 Å². The first-order valence-corrected chi connectivity index (χ1v) is 5.45. The SMILES string of the molecule is O=C1CSC(=S)N1c1nccs1. The van der Waals surface area contributed by atoms with Crippen molar-refractivity contribution < 1.29 is 4.79 Å². The standard InChI is InChI=1S/C6H4N2OS3/c9-4-3-12-6(10)8(4)5-7-1-2-11-5/h1-2H,3H2. The maximum atomic E-state index is 11.3. The zero-order valence-electron chi connectivity index (χ0n) is 5.89. The van der Waals surface area contributed by atoms with Crippen molar-refractivity contribution in [1.29, 1.82) is 0 Å². The van der Waals surface area contributed by atoms with E-state index in [1.54, 1.807) is 6.20 Å². The molecule has 1 aromatic rings. The Labute approximate surface area is 82.8 Å². The zero-order chi connectivity index (χ0) is 8.55. The van der Waals surface area contributed by atoms with Gasteiger partial charge in [-0.15, -0.1) is 11.3 Å². The molecule has 0 aromatic carbocycles. The van der Waals surface area contributed by atoms with Crippen molar-refractivity contribution in [3.63, 3.8) is 0 Å². The van der Waals surface area contributed by atoms with Crippen LogP contribution in [0.1, 0.15) is 0 Å². The Morgan fingerprint density at radius 1 is 1.67 bits per heavy atom. The molecule has 0 bridgehead atoms. The normalized spacial score (nSPS) is 17.5. The van der Waals surface area contributed by atoms with Crippen LogP contribution < -0.4 is 4.90 Å². The molecule has 62 valence electrons. The highest BCUT2D eigenvalue weighted by Crippen LogP contribution is 2.27. The number of thioether (sulfide) groups is 1. The van der Waals surface area contributed by atoms with Crippen molar-refractivity contribution in [2.75, 3.05) is 10.7 Å². The van der Waals surface area contributed by atoms with Crippen molar-refractivity contribution in [2.24, 2.45) is 0 Å². The van der Waals surface area contributed by atoms with E-state index in [0.29, 0.717) is 15.2 Å². The van der Waals surface area contributed by atoms with Gasteiger partial charge in [0.25, 0.3) is 0 Å². The number of carbonyl (C=O) groups is 1. The van der Waals surface area contributed by atoms with Crippen LogP contribution in [0, 0.1) is 0 Å². The third-order valence-corrected chi connectivity index (χ3v) is 3.48. The summed E-state index contributed by atoms with van der Waals surface area (Å²) < 4.78 is 0.606. The molecule has 12 heavy (non-hydrogen) atoms. The molecule has 1 amide bonds. The maximum absolute atomic E-state index is 11.3. The molecule has 1 aliphatic heterocycles. The smallest absolute Gasteiger partial charge is 0.244 e. The quantitative estimate of drug-likeness (QED) is 0.666. The minimum atomic E-state index is 0.0277. The van der Waals surface area contributed by atoms with Crippen molar-refractivity contribution in [1.82, 2.24) is 4.98 Å². The molecule has 0 spiro atoms. The van der Waals surface area contributed by atoms with Crippen LogP contribution in [0.2, 0.25) is 0 Å². The summed E-state index contributed by atoms with van der Waals surface area (Å²) in [7, 11) is 0. The minimum absolute atomic E-state index is 0.0277. The first-order chi connectivity index (χ1) is 5.79. The van der Waals surface area contributed by atoms with Crippen LogP contribution in [0.15, 0.2) is 11.6 Å². The van der Waals surface area contributed by atoms with Crippen LogP contribution in [-0.4, -0.2) is 21.0 Å². The number of thiocarbonyl (C=S) groups is 1. The number of amides is 1. The molecule has 3 nitrogen and oxygen atoms in total. The predicted molar refractivity (Wildman–Crippen MR) is 54.7 cm³/mol. The van der Waals surface area contributed by atoms with E-state index in [4.69, 9.17) is 12.2 Å². The third-order valence-electron chi connectivity index (χ3n) is 1.36. The second-order valence-corrected chi connectivity index (χ2v) is 4.58. The summed E-state index contributed by atoms with van der Waals surface area (Å²) in [6.07, 6.45) is 1.67. The number of hydrogen-bond acceptors (Lipinski definition) is 5. The lowest BCUT2D eigenvalue weighted by Crippen LogP contribution is -2.27. The van der Waals surface area contributed by atoms with Gasteiger partial charge in [-0.1, -0.05) is 24.0 Å².